The van der Waals surface area contributed by atoms with Gasteiger partial charge in [-0.05, 0) is 40.0 Å². The highest BCUT2D eigenvalue weighted by Gasteiger charge is 2.07. The summed E-state index contributed by atoms with van der Waals surface area (Å²) in [6.07, 6.45) is 0.490. The van der Waals surface area contributed by atoms with E-state index in [9.17, 15) is 9.18 Å². The first-order valence-corrected chi connectivity index (χ1v) is 7.10. The molecule has 0 saturated heterocycles. The van der Waals surface area contributed by atoms with Crippen molar-refractivity contribution >= 4 is 33.2 Å². The van der Waals surface area contributed by atoms with Crippen LogP contribution >= 0.6 is 27.3 Å². The normalized spacial score (nSPS) is 10.3. The minimum Gasteiger partial charge on any atom is -0.352 e. The van der Waals surface area contributed by atoms with Gasteiger partial charge in [-0.15, -0.1) is 11.3 Å². The van der Waals surface area contributed by atoms with Gasteiger partial charge in [-0.1, -0.05) is 18.2 Å². The lowest BCUT2D eigenvalue weighted by Gasteiger charge is -2.04. The van der Waals surface area contributed by atoms with Crippen LogP contribution in [-0.2, 0) is 6.42 Å². The number of hydrogen-bond acceptors (Lipinski definition) is 2. The van der Waals surface area contributed by atoms with Gasteiger partial charge in [-0.3, -0.25) is 4.79 Å². The number of amides is 1. The monoisotopic (exact) mass is 327 g/mol. The maximum absolute atomic E-state index is 13.3. The Hall–Kier alpha value is -1.20. The molecule has 0 aliphatic heterocycles. The summed E-state index contributed by atoms with van der Waals surface area (Å²) >= 11 is 4.76. The van der Waals surface area contributed by atoms with Gasteiger partial charge < -0.3 is 5.32 Å². The highest BCUT2D eigenvalue weighted by Crippen LogP contribution is 2.20. The Morgan fingerprint density at radius 3 is 2.83 bits per heavy atom. The van der Waals surface area contributed by atoms with Crippen LogP contribution in [0.2, 0.25) is 0 Å². The fraction of sp³-hybridized carbons (Fsp3) is 0.154. The van der Waals surface area contributed by atoms with Gasteiger partial charge >= 0.3 is 0 Å². The van der Waals surface area contributed by atoms with E-state index in [2.05, 4.69) is 21.2 Å². The van der Waals surface area contributed by atoms with E-state index in [0.717, 1.165) is 3.79 Å². The van der Waals surface area contributed by atoms with Crippen molar-refractivity contribution in [3.05, 3.63) is 56.4 Å². The first kappa shape index (κ1) is 13.2. The summed E-state index contributed by atoms with van der Waals surface area (Å²) in [6, 6.07) is 8.36. The van der Waals surface area contributed by atoms with Crippen molar-refractivity contribution in [2.75, 3.05) is 6.54 Å². The average Bonchev–Trinajstić information content (AvgIpc) is 2.78. The molecule has 0 aliphatic carbocycles. The first-order chi connectivity index (χ1) is 8.66. The van der Waals surface area contributed by atoms with Crippen molar-refractivity contribution in [2.24, 2.45) is 0 Å². The van der Waals surface area contributed by atoms with E-state index in [1.165, 1.54) is 17.4 Å². The Morgan fingerprint density at radius 2 is 2.17 bits per heavy atom. The molecule has 0 fully saturated rings. The Labute approximate surface area is 117 Å². The largest absolute Gasteiger partial charge is 0.352 e. The van der Waals surface area contributed by atoms with Crippen LogP contribution in [-0.4, -0.2) is 12.5 Å². The molecule has 0 unspecified atom stereocenters. The van der Waals surface area contributed by atoms with Gasteiger partial charge in [0.15, 0.2) is 0 Å². The summed E-state index contributed by atoms with van der Waals surface area (Å²) in [5, 5.41) is 4.55. The molecule has 1 aromatic heterocycles. The molecular formula is C13H11BrFNOS. The lowest BCUT2D eigenvalue weighted by atomic mass is 10.1. The summed E-state index contributed by atoms with van der Waals surface area (Å²) in [5.74, 6) is -0.363. The van der Waals surface area contributed by atoms with E-state index < -0.39 is 0 Å². The van der Waals surface area contributed by atoms with Crippen LogP contribution in [0.25, 0.3) is 0 Å². The lowest BCUT2D eigenvalue weighted by Crippen LogP contribution is -2.25. The number of halogens is 2. The van der Waals surface area contributed by atoms with E-state index in [-0.39, 0.29) is 11.7 Å². The summed E-state index contributed by atoms with van der Waals surface area (Å²) in [6.45, 7) is 0.424. The van der Waals surface area contributed by atoms with Gasteiger partial charge in [-0.2, -0.15) is 0 Å². The molecule has 94 valence electrons. The Morgan fingerprint density at radius 1 is 1.39 bits per heavy atom. The standard InChI is InChI=1S/C13H11BrFNOS/c14-12-7-10(8-18-12)13(17)16-6-5-9-3-1-2-4-11(9)15/h1-4,7-8H,5-6H2,(H,16,17). The van der Waals surface area contributed by atoms with Crippen molar-refractivity contribution < 1.29 is 9.18 Å². The second kappa shape index (κ2) is 6.11. The fourth-order valence-electron chi connectivity index (χ4n) is 1.54. The van der Waals surface area contributed by atoms with Crippen LogP contribution in [0.5, 0.6) is 0 Å². The van der Waals surface area contributed by atoms with E-state index in [0.29, 0.717) is 24.1 Å². The van der Waals surface area contributed by atoms with Crippen LogP contribution in [0, 0.1) is 5.82 Å². The summed E-state index contributed by atoms with van der Waals surface area (Å²) in [5.41, 5.74) is 1.24. The highest BCUT2D eigenvalue weighted by atomic mass is 79.9. The zero-order valence-corrected chi connectivity index (χ0v) is 11.9. The second-order valence-electron chi connectivity index (χ2n) is 3.74. The predicted molar refractivity (Wildman–Crippen MR) is 74.5 cm³/mol. The molecule has 0 spiro atoms. The number of rotatable bonds is 4. The van der Waals surface area contributed by atoms with Gasteiger partial charge in [0.2, 0.25) is 0 Å². The molecule has 2 nitrogen and oxygen atoms in total. The summed E-state index contributed by atoms with van der Waals surface area (Å²) < 4.78 is 14.2. The van der Waals surface area contributed by atoms with E-state index in [1.807, 2.05) is 0 Å². The third-order valence-corrected chi connectivity index (χ3v) is 3.97. The maximum Gasteiger partial charge on any atom is 0.252 e. The molecule has 0 saturated carbocycles. The number of carbonyl (C=O) groups excluding carboxylic acids is 1. The van der Waals surface area contributed by atoms with Crippen molar-refractivity contribution in [3.63, 3.8) is 0 Å². The van der Waals surface area contributed by atoms with E-state index >= 15 is 0 Å². The SMILES string of the molecule is O=C(NCCc1ccccc1F)c1csc(Br)c1. The molecule has 1 N–H and O–H groups in total. The Balaban J connectivity index is 1.86. The van der Waals surface area contributed by atoms with E-state index in [1.54, 1.807) is 29.6 Å². The van der Waals surface area contributed by atoms with Crippen molar-refractivity contribution in [2.45, 2.75) is 6.42 Å². The first-order valence-electron chi connectivity index (χ1n) is 5.42. The smallest absolute Gasteiger partial charge is 0.252 e. The highest BCUT2D eigenvalue weighted by molar-refractivity contribution is 9.11. The van der Waals surface area contributed by atoms with Crippen LogP contribution in [0.1, 0.15) is 15.9 Å². The van der Waals surface area contributed by atoms with Crippen LogP contribution < -0.4 is 5.32 Å². The van der Waals surface area contributed by atoms with Gasteiger partial charge in [0.25, 0.3) is 5.91 Å². The van der Waals surface area contributed by atoms with E-state index in [4.69, 9.17) is 0 Å². The number of hydrogen-bond donors (Lipinski definition) is 1. The predicted octanol–water partition coefficient (Wildman–Crippen LogP) is 3.62. The molecule has 2 aromatic rings. The van der Waals surface area contributed by atoms with Crippen LogP contribution in [0.3, 0.4) is 0 Å². The van der Waals surface area contributed by atoms with Crippen LogP contribution in [0.15, 0.2) is 39.5 Å². The van der Waals surface area contributed by atoms with Crippen molar-refractivity contribution in [3.8, 4) is 0 Å². The molecule has 1 heterocycles. The third kappa shape index (κ3) is 3.40. The molecule has 1 amide bonds. The quantitative estimate of drug-likeness (QED) is 0.912. The average molecular weight is 328 g/mol. The Bertz CT molecular complexity index is 555. The summed E-state index contributed by atoms with van der Waals surface area (Å²) in [4.78, 5) is 11.7. The zero-order chi connectivity index (χ0) is 13.0. The molecule has 0 bridgehead atoms. The minimum absolute atomic E-state index is 0.131. The molecule has 5 heteroatoms. The zero-order valence-electron chi connectivity index (χ0n) is 9.45. The van der Waals surface area contributed by atoms with Gasteiger partial charge in [0.05, 0.1) is 9.35 Å². The molecule has 0 atom stereocenters. The Kier molecular flexibility index (Phi) is 4.49. The third-order valence-electron chi connectivity index (χ3n) is 2.47. The molecule has 18 heavy (non-hydrogen) atoms. The van der Waals surface area contributed by atoms with Gasteiger partial charge in [0, 0.05) is 11.9 Å². The summed E-state index contributed by atoms with van der Waals surface area (Å²) in [7, 11) is 0. The maximum atomic E-state index is 13.3. The molecular weight excluding hydrogens is 317 g/mol. The van der Waals surface area contributed by atoms with Gasteiger partial charge in [0.1, 0.15) is 5.82 Å². The molecule has 2 rings (SSSR count). The van der Waals surface area contributed by atoms with Gasteiger partial charge in [-0.25, -0.2) is 4.39 Å². The fourth-order valence-corrected chi connectivity index (χ4v) is 2.68. The van der Waals surface area contributed by atoms with Crippen molar-refractivity contribution in [1.82, 2.24) is 5.32 Å². The minimum atomic E-state index is -0.231. The number of thiophene rings is 1. The number of benzene rings is 1. The molecule has 0 radical (unpaired) electrons. The topological polar surface area (TPSA) is 29.1 Å². The van der Waals surface area contributed by atoms with Crippen molar-refractivity contribution in [1.29, 1.82) is 0 Å². The molecule has 1 aromatic carbocycles. The lowest BCUT2D eigenvalue weighted by molar-refractivity contribution is 0.0954. The number of nitrogens with one attached hydrogen (secondary N) is 1. The van der Waals surface area contributed by atoms with Crippen LogP contribution in [0.4, 0.5) is 4.39 Å². The molecule has 0 aliphatic rings. The second-order valence-corrected chi connectivity index (χ2v) is 6.03. The number of carbonyl (C=O) groups is 1.